The summed E-state index contributed by atoms with van der Waals surface area (Å²) in [7, 11) is -3.38. The van der Waals surface area contributed by atoms with Gasteiger partial charge in [-0.15, -0.1) is 0 Å². The van der Waals surface area contributed by atoms with Crippen LogP contribution in [-0.4, -0.2) is 122 Å². The van der Waals surface area contributed by atoms with Gasteiger partial charge in [-0.3, -0.25) is 34.2 Å². The average molecular weight is 813 g/mol. The molecular formula is C39H44N10O8S. The van der Waals surface area contributed by atoms with Gasteiger partial charge in [0.1, 0.15) is 11.9 Å². The minimum Gasteiger partial charge on any atom is -0.370 e. The molecule has 1 aromatic heterocycles. The van der Waals surface area contributed by atoms with Gasteiger partial charge in [-0.1, -0.05) is 0 Å². The quantitative estimate of drug-likeness (QED) is 0.225. The van der Waals surface area contributed by atoms with Gasteiger partial charge in [-0.25, -0.2) is 23.2 Å². The molecule has 3 aromatic rings. The van der Waals surface area contributed by atoms with Crippen LogP contribution in [0.3, 0.4) is 0 Å². The van der Waals surface area contributed by atoms with E-state index in [1.54, 1.807) is 24.3 Å². The standard InChI is InChI=1S/C39H44N10O8S/c1-58(56,57)26-7-4-24(5-8-26)43-34-32(33(40)51)41-19-30(44-34)47-14-2-3-23(20-47)18-42-38(55)46-15-12-39(13-16-46)21-48(22-39)25-6-9-27-28(17-25)37(54)49(36(27)53)29-10-11-31(50)45-35(29)52/h4-9,17,19,23,29H,2-3,10-16,18,20-22H2,1H3,(H2,40,51)(H,42,55)(H,43,44)(H,45,50,52)/t23-,29?/m0/s1. The first-order valence-corrected chi connectivity index (χ1v) is 21.2. The van der Waals surface area contributed by atoms with Crippen LogP contribution in [0.1, 0.15) is 69.7 Å². The number of primary amides is 1. The Morgan fingerprint density at radius 3 is 2.36 bits per heavy atom. The molecule has 2 atom stereocenters. The van der Waals surface area contributed by atoms with Crippen molar-refractivity contribution in [1.29, 1.82) is 0 Å². The zero-order valence-corrected chi connectivity index (χ0v) is 32.7. The molecule has 0 bridgehead atoms. The second-order valence-electron chi connectivity index (χ2n) is 15.9. The third-order valence-electron chi connectivity index (χ3n) is 11.9. The number of urea groups is 1. The van der Waals surface area contributed by atoms with Crippen molar-refractivity contribution in [3.63, 3.8) is 0 Å². The van der Waals surface area contributed by atoms with E-state index in [4.69, 9.17) is 5.73 Å². The number of anilines is 4. The van der Waals surface area contributed by atoms with Crippen molar-refractivity contribution in [2.75, 3.05) is 67.2 Å². The highest BCUT2D eigenvalue weighted by molar-refractivity contribution is 7.90. The third-order valence-corrected chi connectivity index (χ3v) is 13.0. The maximum atomic E-state index is 13.3. The summed E-state index contributed by atoms with van der Waals surface area (Å²) in [5, 5.41) is 8.40. The summed E-state index contributed by atoms with van der Waals surface area (Å²) >= 11 is 0. The van der Waals surface area contributed by atoms with Gasteiger partial charge in [0.2, 0.25) is 11.8 Å². The SMILES string of the molecule is CS(=O)(=O)c1ccc(Nc2nc(N3CCC[C@@H](CNC(=O)N4CCC5(CC4)CN(c4ccc6c(c4)C(=O)N(C4CCC(=O)NC4=O)C6=O)C5)C3)cnc2C(N)=O)cc1. The molecule has 18 nitrogen and oxygen atoms in total. The number of aromatic nitrogens is 2. The van der Waals surface area contributed by atoms with Gasteiger partial charge in [-0.05, 0) is 80.5 Å². The first-order chi connectivity index (χ1) is 27.7. The number of carbonyl (C=O) groups excluding carboxylic acids is 6. The number of hydrogen-bond donors (Lipinski definition) is 4. The number of likely N-dealkylation sites (tertiary alicyclic amines) is 1. The summed E-state index contributed by atoms with van der Waals surface area (Å²) in [6.07, 6.45) is 6.24. The molecule has 5 aliphatic heterocycles. The van der Waals surface area contributed by atoms with Crippen molar-refractivity contribution in [3.8, 4) is 0 Å². The Hall–Kier alpha value is -6.11. The molecule has 1 spiro atoms. The maximum Gasteiger partial charge on any atom is 0.317 e. The summed E-state index contributed by atoms with van der Waals surface area (Å²) < 4.78 is 23.7. The van der Waals surface area contributed by atoms with E-state index in [-0.39, 0.29) is 57.7 Å². The number of imide groups is 2. The van der Waals surface area contributed by atoms with Crippen LogP contribution >= 0.6 is 0 Å². The van der Waals surface area contributed by atoms with E-state index >= 15 is 0 Å². The van der Waals surface area contributed by atoms with Gasteiger partial charge in [0, 0.05) is 75.3 Å². The molecule has 1 unspecified atom stereocenters. The first kappa shape index (κ1) is 38.7. The number of piperidine rings is 3. The number of fused-ring (bicyclic) bond motifs is 1. The van der Waals surface area contributed by atoms with Gasteiger partial charge in [0.05, 0.1) is 22.2 Å². The molecule has 2 aromatic carbocycles. The summed E-state index contributed by atoms with van der Waals surface area (Å²) in [5.74, 6) is -2.02. The molecule has 19 heteroatoms. The van der Waals surface area contributed by atoms with E-state index < -0.39 is 45.4 Å². The monoisotopic (exact) mass is 812 g/mol. The molecule has 6 heterocycles. The molecular weight excluding hydrogens is 769 g/mol. The van der Waals surface area contributed by atoms with Crippen molar-refractivity contribution < 1.29 is 37.2 Å². The van der Waals surface area contributed by atoms with Crippen LogP contribution < -0.4 is 31.5 Å². The molecule has 4 saturated heterocycles. The zero-order chi connectivity index (χ0) is 40.9. The summed E-state index contributed by atoms with van der Waals surface area (Å²) in [6.45, 7) is 4.55. The van der Waals surface area contributed by atoms with Crippen molar-refractivity contribution in [2.45, 2.75) is 49.5 Å². The molecule has 8 rings (SSSR count). The number of rotatable bonds is 9. The molecule has 7 amide bonds. The number of hydrogen-bond acceptors (Lipinski definition) is 13. The molecule has 0 radical (unpaired) electrons. The Bertz CT molecular complexity index is 2320. The Morgan fingerprint density at radius 2 is 1.67 bits per heavy atom. The highest BCUT2D eigenvalue weighted by Gasteiger charge is 2.48. The highest BCUT2D eigenvalue weighted by atomic mass is 32.2. The van der Waals surface area contributed by atoms with Gasteiger partial charge >= 0.3 is 6.03 Å². The van der Waals surface area contributed by atoms with E-state index in [0.717, 1.165) is 55.6 Å². The first-order valence-electron chi connectivity index (χ1n) is 19.3. The van der Waals surface area contributed by atoms with Gasteiger partial charge in [0.25, 0.3) is 17.7 Å². The second-order valence-corrected chi connectivity index (χ2v) is 17.9. The fraction of sp³-hybridized carbons (Fsp3) is 0.436. The number of nitrogens with two attached hydrogens (primary N) is 1. The molecule has 4 fully saturated rings. The van der Waals surface area contributed by atoms with Crippen molar-refractivity contribution in [1.82, 2.24) is 30.4 Å². The normalized spacial score (nSPS) is 21.7. The maximum absolute atomic E-state index is 13.3. The van der Waals surface area contributed by atoms with Gasteiger partial charge in [0.15, 0.2) is 21.3 Å². The largest absolute Gasteiger partial charge is 0.370 e. The predicted octanol–water partition coefficient (Wildman–Crippen LogP) is 1.65. The summed E-state index contributed by atoms with van der Waals surface area (Å²) in [4.78, 5) is 92.1. The molecule has 304 valence electrons. The van der Waals surface area contributed by atoms with Crippen LogP contribution in [0.25, 0.3) is 0 Å². The van der Waals surface area contributed by atoms with Crippen molar-refractivity contribution in [3.05, 3.63) is 65.5 Å². The molecule has 0 aliphatic carbocycles. The molecule has 5 aliphatic rings. The average Bonchev–Trinajstić information content (AvgIpc) is 3.43. The Kier molecular flexibility index (Phi) is 10.0. The van der Waals surface area contributed by atoms with Crippen LogP contribution in [0.2, 0.25) is 0 Å². The smallest absolute Gasteiger partial charge is 0.317 e. The van der Waals surface area contributed by atoms with Crippen LogP contribution in [0.5, 0.6) is 0 Å². The van der Waals surface area contributed by atoms with E-state index in [2.05, 4.69) is 35.7 Å². The number of benzene rings is 2. The fourth-order valence-corrected chi connectivity index (χ4v) is 9.24. The minimum absolute atomic E-state index is 0.0384. The van der Waals surface area contributed by atoms with Gasteiger partial charge in [-0.2, -0.15) is 0 Å². The number of nitrogens with one attached hydrogen (secondary N) is 3. The molecule has 5 N–H and O–H groups in total. The van der Waals surface area contributed by atoms with E-state index in [1.165, 1.54) is 18.3 Å². The Morgan fingerprint density at radius 1 is 0.948 bits per heavy atom. The predicted molar refractivity (Wildman–Crippen MR) is 210 cm³/mol. The number of sulfone groups is 1. The number of nitrogens with zero attached hydrogens (tertiary/aromatic N) is 6. The second kappa shape index (κ2) is 15.0. The van der Waals surface area contributed by atoms with Crippen molar-refractivity contribution in [2.24, 2.45) is 17.1 Å². The van der Waals surface area contributed by atoms with Crippen LogP contribution in [-0.2, 0) is 19.4 Å². The van der Waals surface area contributed by atoms with Crippen LogP contribution in [0.15, 0.2) is 53.6 Å². The lowest BCUT2D eigenvalue weighted by Gasteiger charge is -2.55. The van der Waals surface area contributed by atoms with E-state index in [9.17, 15) is 37.2 Å². The minimum atomic E-state index is -3.38. The molecule has 0 saturated carbocycles. The highest BCUT2D eigenvalue weighted by Crippen LogP contribution is 2.43. The Labute approximate surface area is 334 Å². The summed E-state index contributed by atoms with van der Waals surface area (Å²) in [6, 6.07) is 10.1. The third kappa shape index (κ3) is 7.52. The summed E-state index contributed by atoms with van der Waals surface area (Å²) in [5.41, 5.74) is 7.41. The van der Waals surface area contributed by atoms with E-state index in [1.807, 2.05) is 11.0 Å². The lowest BCUT2D eigenvalue weighted by molar-refractivity contribution is -0.136. The van der Waals surface area contributed by atoms with E-state index in [0.29, 0.717) is 44.2 Å². The fourth-order valence-electron chi connectivity index (χ4n) is 8.61. The topological polar surface area (TPSA) is 237 Å². The van der Waals surface area contributed by atoms with Gasteiger partial charge < -0.3 is 31.1 Å². The lowest BCUT2D eigenvalue weighted by Crippen LogP contribution is -2.61. The zero-order valence-electron chi connectivity index (χ0n) is 31.9. The lowest BCUT2D eigenvalue weighted by atomic mass is 9.71. The number of carbonyl (C=O) groups is 6. The number of amides is 7. The molecule has 58 heavy (non-hydrogen) atoms. The van der Waals surface area contributed by atoms with Crippen LogP contribution in [0.4, 0.5) is 27.8 Å². The van der Waals surface area contributed by atoms with Crippen LogP contribution in [0, 0.1) is 11.3 Å². The Balaban J connectivity index is 0.819. The van der Waals surface area contributed by atoms with Crippen molar-refractivity contribution >= 4 is 68.4 Å².